The Hall–Kier alpha value is -2.48. The van der Waals surface area contributed by atoms with Crippen molar-refractivity contribution >= 4 is 23.2 Å². The monoisotopic (exact) mass is 475 g/mol. The van der Waals surface area contributed by atoms with Gasteiger partial charge in [0.15, 0.2) is 11.5 Å². The summed E-state index contributed by atoms with van der Waals surface area (Å²) < 4.78 is 11.5. The molecule has 1 aliphatic heterocycles. The summed E-state index contributed by atoms with van der Waals surface area (Å²) in [7, 11) is 0. The number of carbonyl (C=O) groups is 1. The number of anilines is 1. The van der Waals surface area contributed by atoms with Gasteiger partial charge in [0.1, 0.15) is 6.61 Å². The molecule has 4 N–H and O–H groups in total. The van der Waals surface area contributed by atoms with Gasteiger partial charge < -0.3 is 30.5 Å². The number of hydrogen-bond acceptors (Lipinski definition) is 6. The number of benzene rings is 2. The zero-order valence-corrected chi connectivity index (χ0v) is 20.2. The standard InChI is InChI=1S/C25H34ClN3O4/c1-3-32-23-16-20(26)5-6-22(23)33-12-8-28-17(2)13-18-14-19-7-10-29(9-4-11-30)24(19)21(15-18)25(27)31/h5-6,14-17,28,30H,3-4,7-13H2,1-2H3,(H2,27,31). The summed E-state index contributed by atoms with van der Waals surface area (Å²) in [4.78, 5) is 14.3. The predicted molar refractivity (Wildman–Crippen MR) is 132 cm³/mol. The normalized spacial score (nSPS) is 13.6. The Morgan fingerprint density at radius 1 is 1.27 bits per heavy atom. The molecule has 1 aliphatic rings. The second-order valence-corrected chi connectivity index (χ2v) is 8.70. The Morgan fingerprint density at radius 2 is 2.09 bits per heavy atom. The van der Waals surface area contributed by atoms with Crippen LogP contribution in [0, 0.1) is 0 Å². The van der Waals surface area contributed by atoms with Gasteiger partial charge in [-0.1, -0.05) is 17.7 Å². The molecule has 1 amide bonds. The van der Waals surface area contributed by atoms with E-state index in [0.29, 0.717) is 48.3 Å². The van der Waals surface area contributed by atoms with E-state index in [1.165, 1.54) is 0 Å². The molecular formula is C25H34ClN3O4. The Bertz CT molecular complexity index is 953. The highest BCUT2D eigenvalue weighted by Gasteiger charge is 2.25. The van der Waals surface area contributed by atoms with Crippen molar-refractivity contribution in [2.24, 2.45) is 5.73 Å². The molecule has 0 aromatic heterocycles. The van der Waals surface area contributed by atoms with E-state index in [1.54, 1.807) is 12.1 Å². The van der Waals surface area contributed by atoms with E-state index in [9.17, 15) is 4.79 Å². The summed E-state index contributed by atoms with van der Waals surface area (Å²) in [5.41, 5.74) is 9.45. The van der Waals surface area contributed by atoms with Gasteiger partial charge >= 0.3 is 0 Å². The topological polar surface area (TPSA) is 97.1 Å². The van der Waals surface area contributed by atoms with Crippen LogP contribution in [-0.4, -0.2) is 56.5 Å². The van der Waals surface area contributed by atoms with Crippen LogP contribution in [0.15, 0.2) is 30.3 Å². The van der Waals surface area contributed by atoms with Crippen LogP contribution < -0.4 is 25.4 Å². The molecule has 2 aromatic rings. The molecule has 2 aromatic carbocycles. The van der Waals surface area contributed by atoms with E-state index in [2.05, 4.69) is 23.2 Å². The number of amides is 1. The van der Waals surface area contributed by atoms with Crippen LogP contribution in [0.3, 0.4) is 0 Å². The second kappa shape index (κ2) is 12.1. The third-order valence-corrected chi connectivity index (χ3v) is 5.90. The molecule has 8 heteroatoms. The smallest absolute Gasteiger partial charge is 0.250 e. The van der Waals surface area contributed by atoms with Crippen molar-refractivity contribution in [3.63, 3.8) is 0 Å². The molecular weight excluding hydrogens is 442 g/mol. The van der Waals surface area contributed by atoms with Crippen molar-refractivity contribution in [1.29, 1.82) is 0 Å². The van der Waals surface area contributed by atoms with E-state index in [0.717, 1.165) is 42.7 Å². The number of halogens is 1. The molecule has 1 heterocycles. The maximum Gasteiger partial charge on any atom is 0.250 e. The molecule has 180 valence electrons. The summed E-state index contributed by atoms with van der Waals surface area (Å²) in [6.45, 7) is 7.42. The molecule has 3 rings (SSSR count). The number of aliphatic hydroxyl groups is 1. The number of nitrogens with two attached hydrogens (primary N) is 1. The van der Waals surface area contributed by atoms with Gasteiger partial charge in [0.2, 0.25) is 0 Å². The van der Waals surface area contributed by atoms with Crippen molar-refractivity contribution in [3.05, 3.63) is 52.0 Å². The Balaban J connectivity index is 1.56. The maximum absolute atomic E-state index is 12.2. The van der Waals surface area contributed by atoms with Crippen LogP contribution in [0.5, 0.6) is 11.5 Å². The molecule has 33 heavy (non-hydrogen) atoms. The van der Waals surface area contributed by atoms with Crippen LogP contribution in [0.1, 0.15) is 41.8 Å². The van der Waals surface area contributed by atoms with Gasteiger partial charge in [-0.2, -0.15) is 0 Å². The highest BCUT2D eigenvalue weighted by Crippen LogP contribution is 2.34. The van der Waals surface area contributed by atoms with E-state index >= 15 is 0 Å². The molecule has 1 unspecified atom stereocenters. The number of rotatable bonds is 13. The molecule has 0 saturated carbocycles. The Kier molecular flexibility index (Phi) is 9.23. The highest BCUT2D eigenvalue weighted by atomic mass is 35.5. The number of aliphatic hydroxyl groups excluding tert-OH is 1. The van der Waals surface area contributed by atoms with Crippen LogP contribution in [0.4, 0.5) is 5.69 Å². The first-order valence-electron chi connectivity index (χ1n) is 11.5. The van der Waals surface area contributed by atoms with Crippen LogP contribution in [0.2, 0.25) is 5.02 Å². The number of nitrogens with one attached hydrogen (secondary N) is 1. The second-order valence-electron chi connectivity index (χ2n) is 8.26. The van der Waals surface area contributed by atoms with Gasteiger partial charge in [0, 0.05) is 43.4 Å². The van der Waals surface area contributed by atoms with Crippen LogP contribution >= 0.6 is 11.6 Å². The summed E-state index contributed by atoms with van der Waals surface area (Å²) in [5.74, 6) is 0.903. The van der Waals surface area contributed by atoms with Gasteiger partial charge in [0.05, 0.1) is 17.9 Å². The number of primary amides is 1. The van der Waals surface area contributed by atoms with Crippen molar-refractivity contribution in [3.8, 4) is 11.5 Å². The third-order valence-electron chi connectivity index (χ3n) is 5.67. The summed E-state index contributed by atoms with van der Waals surface area (Å²) >= 11 is 6.04. The Morgan fingerprint density at radius 3 is 2.82 bits per heavy atom. The zero-order chi connectivity index (χ0) is 23.8. The minimum atomic E-state index is -0.411. The van der Waals surface area contributed by atoms with Gasteiger partial charge in [-0.05, 0) is 62.4 Å². The van der Waals surface area contributed by atoms with Crippen molar-refractivity contribution in [2.45, 2.75) is 39.2 Å². The van der Waals surface area contributed by atoms with Gasteiger partial charge in [0.25, 0.3) is 5.91 Å². The lowest BCUT2D eigenvalue weighted by molar-refractivity contribution is 0.100. The lowest BCUT2D eigenvalue weighted by atomic mass is 9.98. The first-order valence-corrected chi connectivity index (χ1v) is 11.9. The zero-order valence-electron chi connectivity index (χ0n) is 19.4. The first-order chi connectivity index (χ1) is 15.9. The fourth-order valence-corrected chi connectivity index (χ4v) is 4.41. The molecule has 7 nitrogen and oxygen atoms in total. The molecule has 0 fully saturated rings. The van der Waals surface area contributed by atoms with Crippen LogP contribution in [-0.2, 0) is 12.8 Å². The van der Waals surface area contributed by atoms with Crippen LogP contribution in [0.25, 0.3) is 0 Å². The summed E-state index contributed by atoms with van der Waals surface area (Å²) in [6, 6.07) is 9.63. The van der Waals surface area contributed by atoms with E-state index < -0.39 is 5.91 Å². The fraction of sp³-hybridized carbons (Fsp3) is 0.480. The van der Waals surface area contributed by atoms with Crippen molar-refractivity contribution in [2.75, 3.05) is 44.4 Å². The number of hydrogen-bond donors (Lipinski definition) is 3. The van der Waals surface area contributed by atoms with Gasteiger partial charge in [-0.3, -0.25) is 4.79 Å². The molecule has 0 aliphatic carbocycles. The minimum absolute atomic E-state index is 0.133. The average molecular weight is 476 g/mol. The third kappa shape index (κ3) is 6.76. The van der Waals surface area contributed by atoms with Gasteiger partial charge in [-0.25, -0.2) is 0 Å². The van der Waals surface area contributed by atoms with E-state index in [4.69, 9.17) is 31.9 Å². The molecule has 0 radical (unpaired) electrons. The first kappa shape index (κ1) is 25.1. The van der Waals surface area contributed by atoms with E-state index in [-0.39, 0.29) is 12.6 Å². The minimum Gasteiger partial charge on any atom is -0.490 e. The van der Waals surface area contributed by atoms with Crippen molar-refractivity contribution < 1.29 is 19.4 Å². The van der Waals surface area contributed by atoms with Crippen molar-refractivity contribution in [1.82, 2.24) is 5.32 Å². The molecule has 0 spiro atoms. The van der Waals surface area contributed by atoms with E-state index in [1.807, 2.05) is 19.1 Å². The summed E-state index contributed by atoms with van der Waals surface area (Å²) in [6.07, 6.45) is 2.33. The SMILES string of the molecule is CCOc1cc(Cl)ccc1OCCNC(C)Cc1cc2c(c(C(N)=O)c1)N(CCCO)CC2. The molecule has 0 saturated heterocycles. The quantitative estimate of drug-likeness (QED) is 0.385. The lowest BCUT2D eigenvalue weighted by Gasteiger charge is -2.22. The summed E-state index contributed by atoms with van der Waals surface area (Å²) in [5, 5.41) is 13.2. The highest BCUT2D eigenvalue weighted by molar-refractivity contribution is 6.30. The fourth-order valence-electron chi connectivity index (χ4n) is 4.24. The Labute approximate surface area is 200 Å². The number of ether oxygens (including phenoxy) is 2. The largest absolute Gasteiger partial charge is 0.490 e. The molecule has 1 atom stereocenters. The average Bonchev–Trinajstić information content (AvgIpc) is 3.18. The maximum atomic E-state index is 12.2. The van der Waals surface area contributed by atoms with Gasteiger partial charge in [-0.15, -0.1) is 0 Å². The predicted octanol–water partition coefficient (Wildman–Crippen LogP) is 3.18. The molecule has 0 bridgehead atoms. The number of fused-ring (bicyclic) bond motifs is 1. The lowest BCUT2D eigenvalue weighted by Crippen LogP contribution is -2.32. The number of carbonyl (C=O) groups excluding carboxylic acids is 1. The number of nitrogens with zero attached hydrogens (tertiary/aromatic N) is 1.